The minimum atomic E-state index is 0.382. The van der Waals surface area contributed by atoms with Gasteiger partial charge in [0.25, 0.3) is 0 Å². The van der Waals surface area contributed by atoms with Gasteiger partial charge in [0.2, 0.25) is 5.95 Å². The van der Waals surface area contributed by atoms with Crippen LogP contribution < -0.4 is 9.64 Å². The zero-order valence-corrected chi connectivity index (χ0v) is 14.8. The third kappa shape index (κ3) is 3.20. The quantitative estimate of drug-likeness (QED) is 0.792. The number of anilines is 1. The molecule has 1 N–H and O–H groups in total. The maximum absolute atomic E-state index is 5.36. The molecule has 1 saturated heterocycles. The van der Waals surface area contributed by atoms with E-state index in [0.717, 1.165) is 48.9 Å². The number of H-pyrrole nitrogens is 1. The van der Waals surface area contributed by atoms with Gasteiger partial charge in [-0.1, -0.05) is 24.3 Å². The first-order chi connectivity index (χ1) is 12.2. The Morgan fingerprint density at radius 1 is 1.04 bits per heavy atom. The molecule has 2 aromatic carbocycles. The highest BCUT2D eigenvalue weighted by Gasteiger charge is 2.23. The number of imidazole rings is 1. The molecule has 1 atom stereocenters. The van der Waals surface area contributed by atoms with Crippen LogP contribution >= 0.6 is 0 Å². The summed E-state index contributed by atoms with van der Waals surface area (Å²) in [6.07, 6.45) is 0. The van der Waals surface area contributed by atoms with Crippen LogP contribution in [-0.2, 0) is 0 Å². The van der Waals surface area contributed by atoms with E-state index in [-0.39, 0.29) is 0 Å². The summed E-state index contributed by atoms with van der Waals surface area (Å²) in [4.78, 5) is 13.0. The molecule has 0 amide bonds. The van der Waals surface area contributed by atoms with E-state index in [4.69, 9.17) is 9.72 Å². The number of methoxy groups -OCH3 is 1. The van der Waals surface area contributed by atoms with Crippen LogP contribution in [0.1, 0.15) is 18.5 Å². The fraction of sp³-hybridized carbons (Fsp3) is 0.350. The van der Waals surface area contributed by atoms with Crippen LogP contribution in [0.4, 0.5) is 5.95 Å². The van der Waals surface area contributed by atoms with E-state index in [1.54, 1.807) is 7.11 Å². The number of nitrogens with zero attached hydrogens (tertiary/aromatic N) is 3. The topological polar surface area (TPSA) is 44.4 Å². The number of hydrogen-bond acceptors (Lipinski definition) is 4. The molecule has 1 aromatic heterocycles. The van der Waals surface area contributed by atoms with Crippen molar-refractivity contribution in [2.24, 2.45) is 0 Å². The standard InChI is InChI=1S/C20H24N4O/c1-15(16-6-5-7-17(14-16)25-2)23-10-12-24(13-11-23)20-21-18-8-3-4-9-19(18)22-20/h3-9,14-15H,10-13H2,1-2H3,(H,21,22). The van der Waals surface area contributed by atoms with Gasteiger partial charge in [0, 0.05) is 32.2 Å². The summed E-state index contributed by atoms with van der Waals surface area (Å²) < 4.78 is 5.36. The van der Waals surface area contributed by atoms with E-state index in [1.807, 2.05) is 18.2 Å². The summed E-state index contributed by atoms with van der Waals surface area (Å²) in [6.45, 7) is 6.28. The Kier molecular flexibility index (Phi) is 4.32. The Labute approximate surface area is 148 Å². The molecule has 0 saturated carbocycles. The first-order valence-electron chi connectivity index (χ1n) is 8.82. The minimum absolute atomic E-state index is 0.382. The van der Waals surface area contributed by atoms with Crippen LogP contribution in [0.3, 0.4) is 0 Å². The third-order valence-corrected chi connectivity index (χ3v) is 5.11. The molecule has 1 unspecified atom stereocenters. The first-order valence-corrected chi connectivity index (χ1v) is 8.82. The van der Waals surface area contributed by atoms with Crippen LogP contribution in [0.5, 0.6) is 5.75 Å². The minimum Gasteiger partial charge on any atom is -0.497 e. The molecule has 25 heavy (non-hydrogen) atoms. The van der Waals surface area contributed by atoms with Gasteiger partial charge in [0.05, 0.1) is 18.1 Å². The van der Waals surface area contributed by atoms with Crippen molar-refractivity contribution in [1.29, 1.82) is 0 Å². The van der Waals surface area contributed by atoms with Crippen LogP contribution in [0.25, 0.3) is 11.0 Å². The molecule has 3 aromatic rings. The molecule has 0 aliphatic carbocycles. The Morgan fingerprint density at radius 2 is 1.84 bits per heavy atom. The van der Waals surface area contributed by atoms with Gasteiger partial charge in [-0.25, -0.2) is 4.98 Å². The van der Waals surface area contributed by atoms with Gasteiger partial charge in [0.15, 0.2) is 0 Å². The van der Waals surface area contributed by atoms with Gasteiger partial charge in [-0.05, 0) is 36.8 Å². The molecular weight excluding hydrogens is 312 g/mol. The summed E-state index contributed by atoms with van der Waals surface area (Å²) in [6, 6.07) is 17.0. The fourth-order valence-corrected chi connectivity index (χ4v) is 3.52. The lowest BCUT2D eigenvalue weighted by molar-refractivity contribution is 0.197. The van der Waals surface area contributed by atoms with Gasteiger partial charge in [-0.15, -0.1) is 0 Å². The number of rotatable bonds is 4. The van der Waals surface area contributed by atoms with E-state index in [0.29, 0.717) is 6.04 Å². The van der Waals surface area contributed by atoms with Gasteiger partial charge >= 0.3 is 0 Å². The van der Waals surface area contributed by atoms with Gasteiger partial charge < -0.3 is 14.6 Å². The van der Waals surface area contributed by atoms with Crippen molar-refractivity contribution in [2.45, 2.75) is 13.0 Å². The molecule has 130 valence electrons. The summed E-state index contributed by atoms with van der Waals surface area (Å²) >= 11 is 0. The van der Waals surface area contributed by atoms with E-state index < -0.39 is 0 Å². The highest BCUT2D eigenvalue weighted by atomic mass is 16.5. The molecular formula is C20H24N4O. The molecule has 1 aliphatic heterocycles. The Bertz CT molecular complexity index is 819. The van der Waals surface area contributed by atoms with Crippen molar-refractivity contribution in [3.05, 3.63) is 54.1 Å². The first kappa shape index (κ1) is 16.0. The maximum Gasteiger partial charge on any atom is 0.203 e. The van der Waals surface area contributed by atoms with Crippen molar-refractivity contribution in [3.8, 4) is 5.75 Å². The maximum atomic E-state index is 5.36. The molecule has 0 spiro atoms. The highest BCUT2D eigenvalue weighted by molar-refractivity contribution is 5.77. The van der Waals surface area contributed by atoms with Gasteiger partial charge in [-0.3, -0.25) is 4.90 Å². The normalized spacial score (nSPS) is 17.0. The second-order valence-corrected chi connectivity index (χ2v) is 6.55. The predicted molar refractivity (Wildman–Crippen MR) is 101 cm³/mol. The molecule has 2 heterocycles. The molecule has 1 fully saturated rings. The van der Waals surface area contributed by atoms with Crippen LogP contribution in [0, 0.1) is 0 Å². The van der Waals surface area contributed by atoms with E-state index in [1.165, 1.54) is 5.56 Å². The van der Waals surface area contributed by atoms with E-state index in [2.05, 4.69) is 52.0 Å². The Hall–Kier alpha value is -2.53. The SMILES string of the molecule is COc1cccc(C(C)N2CCN(c3nc4ccccc4[nH]3)CC2)c1. The number of benzene rings is 2. The zero-order valence-electron chi connectivity index (χ0n) is 14.8. The number of para-hydroxylation sites is 2. The number of aromatic nitrogens is 2. The summed E-state index contributed by atoms with van der Waals surface area (Å²) in [7, 11) is 1.72. The van der Waals surface area contributed by atoms with Crippen molar-refractivity contribution in [3.63, 3.8) is 0 Å². The van der Waals surface area contributed by atoms with Crippen molar-refractivity contribution in [2.75, 3.05) is 38.2 Å². The average molecular weight is 336 g/mol. The van der Waals surface area contributed by atoms with Gasteiger partial charge in [-0.2, -0.15) is 0 Å². The lowest BCUT2D eigenvalue weighted by Crippen LogP contribution is -2.47. The second-order valence-electron chi connectivity index (χ2n) is 6.55. The van der Waals surface area contributed by atoms with Gasteiger partial charge in [0.1, 0.15) is 5.75 Å². The monoisotopic (exact) mass is 336 g/mol. The second kappa shape index (κ2) is 6.76. The molecule has 5 heteroatoms. The molecule has 0 radical (unpaired) electrons. The van der Waals surface area contributed by atoms with Crippen molar-refractivity contribution < 1.29 is 4.74 Å². The number of aromatic amines is 1. The van der Waals surface area contributed by atoms with Crippen LogP contribution in [0.2, 0.25) is 0 Å². The summed E-state index contributed by atoms with van der Waals surface area (Å²) in [5.74, 6) is 1.90. The van der Waals surface area contributed by atoms with Crippen LogP contribution in [-0.4, -0.2) is 48.2 Å². The smallest absolute Gasteiger partial charge is 0.203 e. The average Bonchev–Trinajstić information content (AvgIpc) is 3.12. The lowest BCUT2D eigenvalue weighted by atomic mass is 10.1. The third-order valence-electron chi connectivity index (χ3n) is 5.11. The van der Waals surface area contributed by atoms with Crippen molar-refractivity contribution >= 4 is 17.0 Å². The lowest BCUT2D eigenvalue weighted by Gasteiger charge is -2.38. The fourth-order valence-electron chi connectivity index (χ4n) is 3.52. The number of hydrogen-bond donors (Lipinski definition) is 1. The number of nitrogens with one attached hydrogen (secondary N) is 1. The number of ether oxygens (including phenoxy) is 1. The number of piperazine rings is 1. The molecule has 0 bridgehead atoms. The summed E-state index contributed by atoms with van der Waals surface area (Å²) in [5.41, 5.74) is 3.44. The molecule has 1 aliphatic rings. The van der Waals surface area contributed by atoms with E-state index >= 15 is 0 Å². The Morgan fingerprint density at radius 3 is 2.60 bits per heavy atom. The van der Waals surface area contributed by atoms with E-state index in [9.17, 15) is 0 Å². The zero-order chi connectivity index (χ0) is 17.2. The Balaban J connectivity index is 1.43. The van der Waals surface area contributed by atoms with Crippen molar-refractivity contribution in [1.82, 2.24) is 14.9 Å². The molecule has 5 nitrogen and oxygen atoms in total. The predicted octanol–water partition coefficient (Wildman–Crippen LogP) is 3.45. The number of fused-ring (bicyclic) bond motifs is 1. The summed E-state index contributed by atoms with van der Waals surface area (Å²) in [5, 5.41) is 0. The largest absolute Gasteiger partial charge is 0.497 e. The van der Waals surface area contributed by atoms with Crippen LogP contribution in [0.15, 0.2) is 48.5 Å². The molecule has 4 rings (SSSR count). The highest BCUT2D eigenvalue weighted by Crippen LogP contribution is 2.26.